The van der Waals surface area contributed by atoms with Crippen LogP contribution in [0.15, 0.2) is 48.5 Å². The number of aryl methyl sites for hydroxylation is 1. The lowest BCUT2D eigenvalue weighted by atomic mass is 10.0. The first-order chi connectivity index (χ1) is 16.1. The highest BCUT2D eigenvalue weighted by Crippen LogP contribution is 2.31. The zero-order valence-corrected chi connectivity index (χ0v) is 19.4. The summed E-state index contributed by atoms with van der Waals surface area (Å²) in [5, 5.41) is 3.20. The minimum atomic E-state index is -0.474. The molecule has 1 fully saturated rings. The van der Waals surface area contributed by atoms with Crippen LogP contribution in [0.4, 0.5) is 0 Å². The maximum atomic E-state index is 13.4. The molecule has 1 heterocycles. The van der Waals surface area contributed by atoms with E-state index in [1.54, 1.807) is 4.90 Å². The van der Waals surface area contributed by atoms with E-state index in [1.165, 1.54) is 0 Å². The standard InChI is InChI=1S/C27H34N2O4/c1-2-23(27(31)28-22-10-6-7-11-22)29(19-21-8-4-3-5-9-21)26(30)15-13-20-12-14-24-25(18-20)33-17-16-32-24/h3-5,8-9,12,14,18,22-23H,2,6-7,10-11,13,15-17,19H2,1H3,(H,28,31)/t23-/m0/s1. The molecule has 2 aromatic carbocycles. The third kappa shape index (κ3) is 6.06. The largest absolute Gasteiger partial charge is 0.486 e. The van der Waals surface area contributed by atoms with Crippen molar-refractivity contribution in [3.8, 4) is 11.5 Å². The van der Waals surface area contributed by atoms with Gasteiger partial charge >= 0.3 is 0 Å². The van der Waals surface area contributed by atoms with E-state index in [2.05, 4.69) is 5.32 Å². The van der Waals surface area contributed by atoms with Gasteiger partial charge in [0, 0.05) is 19.0 Å². The van der Waals surface area contributed by atoms with Crippen molar-refractivity contribution in [1.29, 1.82) is 0 Å². The summed E-state index contributed by atoms with van der Waals surface area (Å²) in [6, 6.07) is 15.5. The van der Waals surface area contributed by atoms with Crippen LogP contribution >= 0.6 is 0 Å². The van der Waals surface area contributed by atoms with Crippen LogP contribution in [-0.4, -0.2) is 42.0 Å². The predicted octanol–water partition coefficient (Wildman–Crippen LogP) is 4.26. The fourth-order valence-corrected chi connectivity index (χ4v) is 4.71. The first-order valence-corrected chi connectivity index (χ1v) is 12.2. The van der Waals surface area contributed by atoms with E-state index in [-0.39, 0.29) is 17.9 Å². The van der Waals surface area contributed by atoms with Crippen molar-refractivity contribution in [3.63, 3.8) is 0 Å². The van der Waals surface area contributed by atoms with Gasteiger partial charge in [-0.05, 0) is 48.9 Å². The second-order valence-corrected chi connectivity index (χ2v) is 8.90. The molecule has 0 radical (unpaired) electrons. The molecular formula is C27H34N2O4. The first-order valence-electron chi connectivity index (χ1n) is 12.2. The number of nitrogens with one attached hydrogen (secondary N) is 1. The molecule has 1 aliphatic carbocycles. The first kappa shape index (κ1) is 23.1. The molecule has 33 heavy (non-hydrogen) atoms. The molecule has 2 aliphatic rings. The number of benzene rings is 2. The smallest absolute Gasteiger partial charge is 0.243 e. The highest BCUT2D eigenvalue weighted by molar-refractivity contribution is 5.88. The zero-order chi connectivity index (χ0) is 23.0. The molecular weight excluding hydrogens is 416 g/mol. The summed E-state index contributed by atoms with van der Waals surface area (Å²) in [5.41, 5.74) is 2.05. The van der Waals surface area contributed by atoms with Crippen molar-refractivity contribution in [2.75, 3.05) is 13.2 Å². The SMILES string of the molecule is CC[C@@H](C(=O)NC1CCCC1)N(Cc1ccccc1)C(=O)CCc1ccc2c(c1)OCCO2. The van der Waals surface area contributed by atoms with E-state index in [0.717, 1.165) is 48.3 Å². The van der Waals surface area contributed by atoms with Crippen molar-refractivity contribution in [2.24, 2.45) is 0 Å². The lowest BCUT2D eigenvalue weighted by Crippen LogP contribution is -2.51. The summed E-state index contributed by atoms with van der Waals surface area (Å²) in [4.78, 5) is 28.4. The summed E-state index contributed by atoms with van der Waals surface area (Å²) in [6.45, 7) is 3.50. The van der Waals surface area contributed by atoms with Gasteiger partial charge in [-0.15, -0.1) is 0 Å². The van der Waals surface area contributed by atoms with E-state index >= 15 is 0 Å². The maximum absolute atomic E-state index is 13.4. The lowest BCUT2D eigenvalue weighted by molar-refractivity contribution is -0.141. The Morgan fingerprint density at radius 3 is 2.45 bits per heavy atom. The predicted molar refractivity (Wildman–Crippen MR) is 127 cm³/mol. The second kappa shape index (κ2) is 11.2. The lowest BCUT2D eigenvalue weighted by Gasteiger charge is -2.31. The number of hydrogen-bond donors (Lipinski definition) is 1. The van der Waals surface area contributed by atoms with Gasteiger partial charge in [0.1, 0.15) is 19.3 Å². The van der Waals surface area contributed by atoms with Gasteiger partial charge in [0.05, 0.1) is 0 Å². The fourth-order valence-electron chi connectivity index (χ4n) is 4.71. The van der Waals surface area contributed by atoms with Crippen molar-refractivity contribution in [1.82, 2.24) is 10.2 Å². The molecule has 1 N–H and O–H groups in total. The van der Waals surface area contributed by atoms with Crippen molar-refractivity contribution in [2.45, 2.75) is 70.5 Å². The average molecular weight is 451 g/mol. The number of carbonyl (C=O) groups excluding carboxylic acids is 2. The van der Waals surface area contributed by atoms with Gasteiger partial charge in [-0.1, -0.05) is 56.2 Å². The summed E-state index contributed by atoms with van der Waals surface area (Å²) in [5.74, 6) is 1.43. The fraction of sp³-hybridized carbons (Fsp3) is 0.481. The Hall–Kier alpha value is -3.02. The van der Waals surface area contributed by atoms with Gasteiger partial charge in [-0.3, -0.25) is 9.59 Å². The zero-order valence-electron chi connectivity index (χ0n) is 19.4. The van der Waals surface area contributed by atoms with Crippen molar-refractivity contribution >= 4 is 11.8 Å². The molecule has 2 aromatic rings. The number of hydrogen-bond acceptors (Lipinski definition) is 4. The molecule has 0 aromatic heterocycles. The average Bonchev–Trinajstić information content (AvgIpc) is 3.36. The van der Waals surface area contributed by atoms with Crippen LogP contribution in [0.25, 0.3) is 0 Å². The second-order valence-electron chi connectivity index (χ2n) is 8.90. The normalized spacial score (nSPS) is 16.3. The van der Waals surface area contributed by atoms with Gasteiger partial charge in [-0.2, -0.15) is 0 Å². The molecule has 0 unspecified atom stereocenters. The highest BCUT2D eigenvalue weighted by Gasteiger charge is 2.30. The maximum Gasteiger partial charge on any atom is 0.243 e. The van der Waals surface area contributed by atoms with Crippen molar-refractivity contribution < 1.29 is 19.1 Å². The third-order valence-electron chi connectivity index (χ3n) is 6.52. The van der Waals surface area contributed by atoms with Gasteiger partial charge in [0.15, 0.2) is 11.5 Å². The topological polar surface area (TPSA) is 67.9 Å². The van der Waals surface area contributed by atoms with E-state index in [1.807, 2.05) is 55.5 Å². The van der Waals surface area contributed by atoms with Crippen LogP contribution in [0.3, 0.4) is 0 Å². The van der Waals surface area contributed by atoms with E-state index in [4.69, 9.17) is 9.47 Å². The van der Waals surface area contributed by atoms with Crippen LogP contribution in [-0.2, 0) is 22.6 Å². The Kier molecular flexibility index (Phi) is 7.87. The van der Waals surface area contributed by atoms with Crippen LogP contribution < -0.4 is 14.8 Å². The highest BCUT2D eigenvalue weighted by atomic mass is 16.6. The van der Waals surface area contributed by atoms with Crippen molar-refractivity contribution in [3.05, 3.63) is 59.7 Å². The molecule has 6 nitrogen and oxygen atoms in total. The van der Waals surface area contributed by atoms with E-state index < -0.39 is 6.04 Å². The molecule has 176 valence electrons. The summed E-state index contributed by atoms with van der Waals surface area (Å²) in [7, 11) is 0. The van der Waals surface area contributed by atoms with Gasteiger partial charge < -0.3 is 19.7 Å². The Bertz CT molecular complexity index is 940. The Morgan fingerprint density at radius 2 is 1.73 bits per heavy atom. The number of ether oxygens (including phenoxy) is 2. The summed E-state index contributed by atoms with van der Waals surface area (Å²) < 4.78 is 11.3. The molecule has 1 atom stereocenters. The van der Waals surface area contributed by atoms with Gasteiger partial charge in [0.25, 0.3) is 0 Å². The monoisotopic (exact) mass is 450 g/mol. The number of nitrogens with zero attached hydrogens (tertiary/aromatic N) is 1. The molecule has 0 bridgehead atoms. The van der Waals surface area contributed by atoms with E-state index in [0.29, 0.717) is 39.0 Å². The van der Waals surface area contributed by atoms with E-state index in [9.17, 15) is 9.59 Å². The minimum Gasteiger partial charge on any atom is -0.486 e. The molecule has 1 saturated carbocycles. The number of fused-ring (bicyclic) bond motifs is 1. The van der Waals surface area contributed by atoms with Crippen LogP contribution in [0.5, 0.6) is 11.5 Å². The number of amides is 2. The summed E-state index contributed by atoms with van der Waals surface area (Å²) in [6.07, 6.45) is 5.87. The molecule has 2 amide bonds. The molecule has 6 heteroatoms. The minimum absolute atomic E-state index is 0.0119. The van der Waals surface area contributed by atoms with Crippen LogP contribution in [0, 0.1) is 0 Å². The molecule has 1 aliphatic heterocycles. The van der Waals surface area contributed by atoms with Crippen LogP contribution in [0.2, 0.25) is 0 Å². The quantitative estimate of drug-likeness (QED) is 0.620. The molecule has 0 spiro atoms. The number of rotatable bonds is 9. The Balaban J connectivity index is 1.46. The summed E-state index contributed by atoms with van der Waals surface area (Å²) >= 11 is 0. The van der Waals surface area contributed by atoms with Gasteiger partial charge in [-0.25, -0.2) is 0 Å². The molecule has 4 rings (SSSR count). The third-order valence-corrected chi connectivity index (χ3v) is 6.52. The van der Waals surface area contributed by atoms with Gasteiger partial charge in [0.2, 0.25) is 11.8 Å². The number of carbonyl (C=O) groups is 2. The Morgan fingerprint density at radius 1 is 1.00 bits per heavy atom. The Labute approximate surface area is 196 Å². The molecule has 0 saturated heterocycles. The van der Waals surface area contributed by atoms with Crippen LogP contribution in [0.1, 0.15) is 56.6 Å².